The van der Waals surface area contributed by atoms with Gasteiger partial charge in [0, 0.05) is 28.0 Å². The second kappa shape index (κ2) is 9.65. The zero-order valence-corrected chi connectivity index (χ0v) is 19.2. The Morgan fingerprint density at radius 2 is 1.84 bits per heavy atom. The Labute approximate surface area is 199 Å². The van der Waals surface area contributed by atoms with E-state index in [1.54, 1.807) is 41.2 Å². The zero-order valence-electron chi connectivity index (χ0n) is 16.9. The van der Waals surface area contributed by atoms with Crippen LogP contribution < -0.4 is 10.1 Å². The van der Waals surface area contributed by atoms with Crippen LogP contribution in [0.1, 0.15) is 21.7 Å². The number of aryl methyl sites for hydroxylation is 1. The molecule has 0 atom stereocenters. The Morgan fingerprint density at radius 3 is 2.62 bits per heavy atom. The number of nitrogens with zero attached hydrogens (tertiary/aromatic N) is 4. The SMILES string of the molecule is Cc1cc(NC(=O)c2ccn(COc3ccc(Cl)cc3Cl)n2)nn1Cc1ccccc1Cl. The number of rotatable bonds is 7. The summed E-state index contributed by atoms with van der Waals surface area (Å²) >= 11 is 18.2. The van der Waals surface area contributed by atoms with Crippen molar-refractivity contribution in [1.29, 1.82) is 0 Å². The number of carbonyl (C=O) groups excluding carboxylic acids is 1. The van der Waals surface area contributed by atoms with Crippen molar-refractivity contribution in [3.8, 4) is 5.75 Å². The van der Waals surface area contributed by atoms with E-state index >= 15 is 0 Å². The fourth-order valence-electron chi connectivity index (χ4n) is 2.98. The molecule has 2 aromatic heterocycles. The smallest absolute Gasteiger partial charge is 0.277 e. The Morgan fingerprint density at radius 1 is 1.03 bits per heavy atom. The highest BCUT2D eigenvalue weighted by Crippen LogP contribution is 2.27. The van der Waals surface area contributed by atoms with Crippen LogP contribution in [0, 0.1) is 6.92 Å². The van der Waals surface area contributed by atoms with E-state index in [2.05, 4.69) is 15.5 Å². The summed E-state index contributed by atoms with van der Waals surface area (Å²) in [5, 5.41) is 13.0. The molecule has 7 nitrogen and oxygen atoms in total. The summed E-state index contributed by atoms with van der Waals surface area (Å²) < 4.78 is 8.89. The van der Waals surface area contributed by atoms with Crippen molar-refractivity contribution in [2.24, 2.45) is 0 Å². The Kier molecular flexibility index (Phi) is 6.69. The lowest BCUT2D eigenvalue weighted by atomic mass is 10.2. The van der Waals surface area contributed by atoms with E-state index in [1.165, 1.54) is 4.68 Å². The first-order valence-corrected chi connectivity index (χ1v) is 10.7. The molecule has 32 heavy (non-hydrogen) atoms. The maximum atomic E-state index is 12.6. The number of amides is 1. The van der Waals surface area contributed by atoms with Crippen molar-refractivity contribution in [3.05, 3.63) is 92.8 Å². The Balaban J connectivity index is 1.38. The number of halogens is 3. The molecule has 0 unspecified atom stereocenters. The topological polar surface area (TPSA) is 74.0 Å². The third kappa shape index (κ3) is 5.24. The van der Waals surface area contributed by atoms with Gasteiger partial charge in [0.1, 0.15) is 5.75 Å². The maximum absolute atomic E-state index is 12.6. The van der Waals surface area contributed by atoms with Crippen molar-refractivity contribution < 1.29 is 9.53 Å². The number of hydrogen-bond acceptors (Lipinski definition) is 4. The minimum absolute atomic E-state index is 0.0835. The first-order chi connectivity index (χ1) is 15.4. The molecule has 164 valence electrons. The normalized spacial score (nSPS) is 10.9. The minimum atomic E-state index is -0.379. The van der Waals surface area contributed by atoms with Crippen LogP contribution in [-0.4, -0.2) is 25.5 Å². The van der Waals surface area contributed by atoms with Crippen LogP contribution >= 0.6 is 34.8 Å². The summed E-state index contributed by atoms with van der Waals surface area (Å²) in [7, 11) is 0. The number of benzene rings is 2. The average molecular weight is 491 g/mol. The number of anilines is 1. The standard InChI is InChI=1S/C22H18Cl3N5O2/c1-14-10-21(28-30(14)12-15-4-2-3-5-17(15)24)26-22(31)19-8-9-29(27-19)13-32-20-7-6-16(23)11-18(20)25/h2-11H,12-13H2,1H3,(H,26,28,31). The third-order valence-electron chi connectivity index (χ3n) is 4.62. The minimum Gasteiger partial charge on any atom is -0.470 e. The number of nitrogens with one attached hydrogen (secondary N) is 1. The molecule has 0 aliphatic carbocycles. The monoisotopic (exact) mass is 489 g/mol. The van der Waals surface area contributed by atoms with Crippen molar-refractivity contribution in [3.63, 3.8) is 0 Å². The largest absolute Gasteiger partial charge is 0.470 e. The molecule has 0 spiro atoms. The molecule has 4 aromatic rings. The van der Waals surface area contributed by atoms with Gasteiger partial charge >= 0.3 is 0 Å². The molecule has 0 aliphatic rings. The van der Waals surface area contributed by atoms with Gasteiger partial charge in [0.2, 0.25) is 0 Å². The molecule has 2 aromatic carbocycles. The summed E-state index contributed by atoms with van der Waals surface area (Å²) in [4.78, 5) is 12.6. The number of ether oxygens (including phenoxy) is 1. The van der Waals surface area contributed by atoms with Crippen molar-refractivity contribution in [2.45, 2.75) is 20.2 Å². The van der Waals surface area contributed by atoms with E-state index in [-0.39, 0.29) is 18.3 Å². The lowest BCUT2D eigenvalue weighted by Gasteiger charge is -2.08. The maximum Gasteiger partial charge on any atom is 0.277 e. The van der Waals surface area contributed by atoms with Gasteiger partial charge in [0.15, 0.2) is 18.2 Å². The van der Waals surface area contributed by atoms with Crippen LogP contribution in [0.15, 0.2) is 60.8 Å². The molecule has 1 N–H and O–H groups in total. The van der Waals surface area contributed by atoms with E-state index in [1.807, 2.05) is 31.2 Å². The molecule has 1 amide bonds. The second-order valence-corrected chi connectivity index (χ2v) is 8.21. The van der Waals surface area contributed by atoms with Gasteiger partial charge in [-0.2, -0.15) is 10.2 Å². The molecule has 0 saturated heterocycles. The summed E-state index contributed by atoms with van der Waals surface area (Å²) in [6.07, 6.45) is 1.64. The Bertz CT molecular complexity index is 1270. The summed E-state index contributed by atoms with van der Waals surface area (Å²) in [5.74, 6) is 0.520. The quantitative estimate of drug-likeness (QED) is 0.361. The lowest BCUT2D eigenvalue weighted by molar-refractivity contribution is 0.101. The molecule has 4 rings (SSSR count). The van der Waals surface area contributed by atoms with Crippen LogP contribution in [0.3, 0.4) is 0 Å². The van der Waals surface area contributed by atoms with Crippen LogP contribution in [0.2, 0.25) is 15.1 Å². The van der Waals surface area contributed by atoms with E-state index < -0.39 is 0 Å². The molecule has 0 saturated carbocycles. The summed E-state index contributed by atoms with van der Waals surface area (Å²) in [5.41, 5.74) is 2.06. The second-order valence-electron chi connectivity index (χ2n) is 6.96. The van der Waals surface area contributed by atoms with Crippen LogP contribution in [0.4, 0.5) is 5.82 Å². The van der Waals surface area contributed by atoms with Gasteiger partial charge in [-0.15, -0.1) is 0 Å². The van der Waals surface area contributed by atoms with Gasteiger partial charge in [0.05, 0.1) is 11.6 Å². The van der Waals surface area contributed by atoms with Gasteiger partial charge in [-0.05, 0) is 42.8 Å². The van der Waals surface area contributed by atoms with Crippen LogP contribution in [-0.2, 0) is 13.3 Å². The van der Waals surface area contributed by atoms with Crippen molar-refractivity contribution in [1.82, 2.24) is 19.6 Å². The van der Waals surface area contributed by atoms with E-state index in [9.17, 15) is 4.79 Å². The van der Waals surface area contributed by atoms with Gasteiger partial charge in [0.25, 0.3) is 5.91 Å². The average Bonchev–Trinajstić information content (AvgIpc) is 3.36. The molecule has 0 bridgehead atoms. The number of hydrogen-bond donors (Lipinski definition) is 1. The Hall–Kier alpha value is -3.00. The van der Waals surface area contributed by atoms with E-state index in [0.717, 1.165) is 11.3 Å². The lowest BCUT2D eigenvalue weighted by Crippen LogP contribution is -2.15. The molecule has 2 heterocycles. The molecule has 10 heteroatoms. The predicted octanol–water partition coefficient (Wildman–Crippen LogP) is 5.69. The predicted molar refractivity (Wildman–Crippen MR) is 125 cm³/mol. The van der Waals surface area contributed by atoms with Crippen molar-refractivity contribution >= 4 is 46.5 Å². The molecular formula is C22H18Cl3N5O2. The van der Waals surface area contributed by atoms with E-state index in [0.29, 0.717) is 33.2 Å². The van der Waals surface area contributed by atoms with Gasteiger partial charge in [-0.3, -0.25) is 9.48 Å². The number of carbonyl (C=O) groups is 1. The molecular weight excluding hydrogens is 473 g/mol. The van der Waals surface area contributed by atoms with Crippen molar-refractivity contribution in [2.75, 3.05) is 5.32 Å². The third-order valence-corrected chi connectivity index (χ3v) is 5.52. The van der Waals surface area contributed by atoms with Gasteiger partial charge in [-0.1, -0.05) is 53.0 Å². The van der Waals surface area contributed by atoms with E-state index in [4.69, 9.17) is 39.5 Å². The first kappa shape index (κ1) is 22.2. The number of aromatic nitrogens is 4. The summed E-state index contributed by atoms with van der Waals surface area (Å²) in [6, 6.07) is 15.9. The fourth-order valence-corrected chi connectivity index (χ4v) is 3.64. The first-order valence-electron chi connectivity index (χ1n) is 9.59. The van der Waals surface area contributed by atoms with Gasteiger partial charge < -0.3 is 10.1 Å². The van der Waals surface area contributed by atoms with Crippen LogP contribution in [0.25, 0.3) is 0 Å². The van der Waals surface area contributed by atoms with Crippen LogP contribution in [0.5, 0.6) is 5.75 Å². The van der Waals surface area contributed by atoms with Gasteiger partial charge in [-0.25, -0.2) is 4.68 Å². The fraction of sp³-hybridized carbons (Fsp3) is 0.136. The summed E-state index contributed by atoms with van der Waals surface area (Å²) in [6.45, 7) is 2.49. The molecule has 0 radical (unpaired) electrons. The highest BCUT2D eigenvalue weighted by Gasteiger charge is 2.14. The highest BCUT2D eigenvalue weighted by atomic mass is 35.5. The molecule has 0 fully saturated rings. The zero-order chi connectivity index (χ0) is 22.7. The molecule has 0 aliphatic heterocycles. The highest BCUT2D eigenvalue weighted by molar-refractivity contribution is 6.35.